The molecule has 0 saturated carbocycles. The first kappa shape index (κ1) is 17.1. The van der Waals surface area contributed by atoms with Gasteiger partial charge in [-0.25, -0.2) is 12.8 Å². The minimum absolute atomic E-state index is 0.0135. The van der Waals surface area contributed by atoms with Gasteiger partial charge in [-0.2, -0.15) is 0 Å². The molecule has 0 amide bonds. The maximum atomic E-state index is 13.9. The maximum absolute atomic E-state index is 13.9. The van der Waals surface area contributed by atoms with E-state index in [4.69, 9.17) is 9.47 Å². The molecule has 0 unspecified atom stereocenters. The highest BCUT2D eigenvalue weighted by Crippen LogP contribution is 2.29. The monoisotopic (exact) mass is 339 g/mol. The van der Waals surface area contributed by atoms with Crippen LogP contribution in [0.25, 0.3) is 0 Å². The summed E-state index contributed by atoms with van der Waals surface area (Å²) in [5, 5.41) is 0. The molecule has 0 radical (unpaired) electrons. The van der Waals surface area contributed by atoms with Gasteiger partial charge < -0.3 is 9.47 Å². The van der Waals surface area contributed by atoms with Crippen molar-refractivity contribution in [3.8, 4) is 11.5 Å². The third-order valence-corrected chi connectivity index (χ3v) is 4.48. The van der Waals surface area contributed by atoms with Crippen LogP contribution in [0.15, 0.2) is 41.3 Å². The highest BCUT2D eigenvalue weighted by atomic mass is 32.2. The summed E-state index contributed by atoms with van der Waals surface area (Å²) in [4.78, 5) is -0.193. The summed E-state index contributed by atoms with van der Waals surface area (Å²) in [7, 11) is -2.50. The van der Waals surface area contributed by atoms with Gasteiger partial charge in [0.1, 0.15) is 5.75 Å². The van der Waals surface area contributed by atoms with Crippen molar-refractivity contribution in [2.24, 2.45) is 0 Å². The van der Waals surface area contributed by atoms with Crippen molar-refractivity contribution >= 4 is 15.7 Å². The Labute approximate surface area is 135 Å². The van der Waals surface area contributed by atoms with E-state index in [-0.39, 0.29) is 10.6 Å². The average Bonchev–Trinajstić information content (AvgIpc) is 2.49. The summed E-state index contributed by atoms with van der Waals surface area (Å²) in [5.74, 6) is -0.337. The number of ether oxygens (including phenoxy) is 2. The van der Waals surface area contributed by atoms with Gasteiger partial charge in [-0.05, 0) is 49.7 Å². The second kappa shape index (κ2) is 6.87. The Morgan fingerprint density at radius 1 is 1.13 bits per heavy atom. The fraction of sp³-hybridized carbons (Fsp3) is 0.250. The second-order valence-electron chi connectivity index (χ2n) is 4.83. The fourth-order valence-electron chi connectivity index (χ4n) is 2.03. The zero-order valence-electron chi connectivity index (χ0n) is 13.1. The summed E-state index contributed by atoms with van der Waals surface area (Å²) in [6.07, 6.45) is 0. The van der Waals surface area contributed by atoms with E-state index in [9.17, 15) is 12.8 Å². The Bertz CT molecular complexity index is 806. The molecule has 7 heteroatoms. The van der Waals surface area contributed by atoms with E-state index in [1.807, 2.05) is 6.92 Å². The first-order valence-corrected chi connectivity index (χ1v) is 8.45. The molecular formula is C16H18FNO4S. The van der Waals surface area contributed by atoms with Gasteiger partial charge in [0.05, 0.1) is 24.3 Å². The molecule has 0 aliphatic heterocycles. The highest BCUT2D eigenvalue weighted by Gasteiger charge is 2.19. The minimum Gasteiger partial charge on any atom is -0.495 e. The van der Waals surface area contributed by atoms with Crippen LogP contribution in [0.5, 0.6) is 11.5 Å². The largest absolute Gasteiger partial charge is 0.495 e. The van der Waals surface area contributed by atoms with Crippen LogP contribution in [0, 0.1) is 12.7 Å². The van der Waals surface area contributed by atoms with E-state index < -0.39 is 15.8 Å². The number of anilines is 1. The van der Waals surface area contributed by atoms with Crippen molar-refractivity contribution in [3.05, 3.63) is 47.8 Å². The third-order valence-electron chi connectivity index (χ3n) is 3.11. The van der Waals surface area contributed by atoms with Crippen molar-refractivity contribution < 1.29 is 22.3 Å². The van der Waals surface area contributed by atoms with Gasteiger partial charge in [-0.1, -0.05) is 6.07 Å². The Morgan fingerprint density at radius 2 is 1.83 bits per heavy atom. The molecule has 1 N–H and O–H groups in total. The quantitative estimate of drug-likeness (QED) is 0.877. The van der Waals surface area contributed by atoms with E-state index in [0.29, 0.717) is 18.0 Å². The summed E-state index contributed by atoms with van der Waals surface area (Å²) < 4.78 is 51.3. The lowest BCUT2D eigenvalue weighted by Gasteiger charge is -2.13. The molecule has 0 aliphatic carbocycles. The number of hydrogen-bond donors (Lipinski definition) is 1. The predicted molar refractivity (Wildman–Crippen MR) is 86.1 cm³/mol. The number of halogens is 1. The molecule has 23 heavy (non-hydrogen) atoms. The lowest BCUT2D eigenvalue weighted by molar-refractivity contribution is 0.321. The molecule has 0 fully saturated rings. The molecule has 0 aliphatic rings. The first-order valence-electron chi connectivity index (χ1n) is 6.97. The van der Waals surface area contributed by atoms with Crippen molar-refractivity contribution in [1.82, 2.24) is 0 Å². The molecule has 0 heterocycles. The van der Waals surface area contributed by atoms with Gasteiger partial charge in [0.15, 0.2) is 11.6 Å². The number of hydrogen-bond acceptors (Lipinski definition) is 4. The maximum Gasteiger partial charge on any atom is 0.262 e. The van der Waals surface area contributed by atoms with Crippen LogP contribution in [0.4, 0.5) is 10.1 Å². The number of nitrogens with one attached hydrogen (secondary N) is 1. The zero-order chi connectivity index (χ0) is 17.0. The number of benzene rings is 2. The number of sulfonamides is 1. The van der Waals surface area contributed by atoms with Gasteiger partial charge in [0.2, 0.25) is 0 Å². The number of methoxy groups -OCH3 is 1. The highest BCUT2D eigenvalue weighted by molar-refractivity contribution is 7.92. The van der Waals surface area contributed by atoms with E-state index in [1.54, 1.807) is 25.1 Å². The van der Waals surface area contributed by atoms with Gasteiger partial charge in [-0.15, -0.1) is 0 Å². The predicted octanol–water partition coefficient (Wildman–Crippen LogP) is 3.34. The Kier molecular flexibility index (Phi) is 5.10. The molecule has 2 aromatic carbocycles. The standard InChI is InChI=1S/C16H18FNO4S/c1-4-22-15-8-6-12(10-13(15)17)23(19,20)18-14-9-11(2)5-7-16(14)21-3/h5-10,18H,4H2,1-3H3. The van der Waals surface area contributed by atoms with Crippen LogP contribution < -0.4 is 14.2 Å². The van der Waals surface area contributed by atoms with Crippen molar-refractivity contribution in [1.29, 1.82) is 0 Å². The van der Waals surface area contributed by atoms with Gasteiger partial charge >= 0.3 is 0 Å². The van der Waals surface area contributed by atoms with Gasteiger partial charge in [-0.3, -0.25) is 4.72 Å². The summed E-state index contributed by atoms with van der Waals surface area (Å²) in [6.45, 7) is 3.84. The molecule has 0 atom stereocenters. The van der Waals surface area contributed by atoms with Crippen LogP contribution in [0.3, 0.4) is 0 Å². The van der Waals surface area contributed by atoms with E-state index in [2.05, 4.69) is 4.72 Å². The van der Waals surface area contributed by atoms with Gasteiger partial charge in [0, 0.05) is 0 Å². The van der Waals surface area contributed by atoms with Gasteiger partial charge in [0.25, 0.3) is 10.0 Å². The van der Waals surface area contributed by atoms with E-state index in [1.165, 1.54) is 19.2 Å². The first-order chi connectivity index (χ1) is 10.9. The van der Waals surface area contributed by atoms with Crippen molar-refractivity contribution in [2.75, 3.05) is 18.4 Å². The Hall–Kier alpha value is -2.28. The Morgan fingerprint density at radius 3 is 2.43 bits per heavy atom. The fourth-order valence-corrected chi connectivity index (χ4v) is 3.10. The van der Waals surface area contributed by atoms with Crippen LogP contribution in [-0.2, 0) is 10.0 Å². The smallest absolute Gasteiger partial charge is 0.262 e. The summed E-state index contributed by atoms with van der Waals surface area (Å²) in [5.41, 5.74) is 1.16. The van der Waals surface area contributed by atoms with Crippen LogP contribution >= 0.6 is 0 Å². The van der Waals surface area contributed by atoms with Crippen LogP contribution in [0.1, 0.15) is 12.5 Å². The Balaban J connectivity index is 2.36. The summed E-state index contributed by atoms with van der Waals surface area (Å²) in [6, 6.07) is 8.61. The number of aryl methyl sites for hydroxylation is 1. The van der Waals surface area contributed by atoms with Crippen LogP contribution in [-0.4, -0.2) is 22.1 Å². The third kappa shape index (κ3) is 3.92. The molecule has 5 nitrogen and oxygen atoms in total. The molecule has 2 aromatic rings. The normalized spacial score (nSPS) is 11.1. The summed E-state index contributed by atoms with van der Waals surface area (Å²) >= 11 is 0. The molecule has 0 aromatic heterocycles. The second-order valence-corrected chi connectivity index (χ2v) is 6.52. The minimum atomic E-state index is -3.94. The topological polar surface area (TPSA) is 64.6 Å². The molecule has 124 valence electrons. The molecule has 0 spiro atoms. The number of rotatable bonds is 6. The molecule has 0 saturated heterocycles. The average molecular weight is 339 g/mol. The molecular weight excluding hydrogens is 321 g/mol. The van der Waals surface area contributed by atoms with E-state index >= 15 is 0 Å². The SMILES string of the molecule is CCOc1ccc(S(=O)(=O)Nc2cc(C)ccc2OC)cc1F. The molecule has 0 bridgehead atoms. The van der Waals surface area contributed by atoms with Crippen LogP contribution in [0.2, 0.25) is 0 Å². The molecule has 2 rings (SSSR count). The zero-order valence-corrected chi connectivity index (χ0v) is 13.9. The lowest BCUT2D eigenvalue weighted by atomic mass is 10.2. The van der Waals surface area contributed by atoms with Crippen molar-refractivity contribution in [3.63, 3.8) is 0 Å². The lowest BCUT2D eigenvalue weighted by Crippen LogP contribution is -2.14. The van der Waals surface area contributed by atoms with Crippen molar-refractivity contribution in [2.45, 2.75) is 18.7 Å². The van der Waals surface area contributed by atoms with E-state index in [0.717, 1.165) is 11.6 Å².